The summed E-state index contributed by atoms with van der Waals surface area (Å²) in [5, 5.41) is 8.99. The largest absolute Gasteiger partial charge is 0.478 e. The Hall–Kier alpha value is -2.30. The molecule has 0 saturated heterocycles. The molecule has 2 rings (SSSR count). The van der Waals surface area contributed by atoms with Crippen LogP contribution < -0.4 is 0 Å². The predicted octanol–water partition coefficient (Wildman–Crippen LogP) is 2.54. The molecule has 0 bridgehead atoms. The minimum absolute atomic E-state index is 0.184. The molecule has 2 aromatic rings. The van der Waals surface area contributed by atoms with Crippen LogP contribution in [0.4, 0.5) is 4.39 Å². The van der Waals surface area contributed by atoms with E-state index in [0.29, 0.717) is 23.5 Å². The molecule has 2 heterocycles. The Morgan fingerprint density at radius 3 is 2.56 bits per heavy atom. The van der Waals surface area contributed by atoms with E-state index < -0.39 is 11.8 Å². The van der Waals surface area contributed by atoms with Crippen LogP contribution in [0.1, 0.15) is 23.0 Å². The van der Waals surface area contributed by atoms with Gasteiger partial charge in [0.15, 0.2) is 0 Å². The van der Waals surface area contributed by atoms with Crippen LogP contribution in [0.3, 0.4) is 0 Å². The van der Waals surface area contributed by atoms with E-state index in [-0.39, 0.29) is 5.56 Å². The smallest absolute Gasteiger partial charge is 0.337 e. The molecule has 0 aromatic carbocycles. The van der Waals surface area contributed by atoms with Gasteiger partial charge in [0.25, 0.3) is 0 Å². The van der Waals surface area contributed by atoms with Crippen LogP contribution in [0, 0.1) is 5.82 Å². The average Bonchev–Trinajstić information content (AvgIpc) is 2.38. The van der Waals surface area contributed by atoms with Crippen LogP contribution in [-0.2, 0) is 6.42 Å². The molecule has 18 heavy (non-hydrogen) atoms. The first-order valence-corrected chi connectivity index (χ1v) is 5.47. The highest BCUT2D eigenvalue weighted by molar-refractivity contribution is 5.89. The van der Waals surface area contributed by atoms with Gasteiger partial charge in [0, 0.05) is 0 Å². The summed E-state index contributed by atoms with van der Waals surface area (Å²) in [5.41, 5.74) is 1.73. The number of pyridine rings is 2. The molecule has 1 N–H and O–H groups in total. The van der Waals surface area contributed by atoms with Gasteiger partial charge >= 0.3 is 5.97 Å². The van der Waals surface area contributed by atoms with Crippen molar-refractivity contribution in [1.29, 1.82) is 0 Å². The summed E-state index contributed by atoms with van der Waals surface area (Å²) >= 11 is 0. The van der Waals surface area contributed by atoms with Gasteiger partial charge in [-0.2, -0.15) is 0 Å². The first-order valence-electron chi connectivity index (χ1n) is 5.47. The topological polar surface area (TPSA) is 63.1 Å². The number of carboxylic acids is 1. The van der Waals surface area contributed by atoms with E-state index in [1.165, 1.54) is 18.2 Å². The van der Waals surface area contributed by atoms with Crippen LogP contribution in [-0.4, -0.2) is 21.0 Å². The molecule has 0 aliphatic heterocycles. The van der Waals surface area contributed by atoms with E-state index in [2.05, 4.69) is 9.97 Å². The van der Waals surface area contributed by atoms with E-state index in [0.717, 1.165) is 6.20 Å². The molecule has 92 valence electrons. The lowest BCUT2D eigenvalue weighted by molar-refractivity contribution is 0.0695. The number of hydrogen-bond donors (Lipinski definition) is 1. The van der Waals surface area contributed by atoms with Gasteiger partial charge in [-0.15, -0.1) is 0 Å². The lowest BCUT2D eigenvalue weighted by Gasteiger charge is -2.06. The van der Waals surface area contributed by atoms with Crippen molar-refractivity contribution in [1.82, 2.24) is 9.97 Å². The Bertz CT molecular complexity index is 582. The number of halogens is 1. The van der Waals surface area contributed by atoms with Crippen LogP contribution in [0.2, 0.25) is 0 Å². The van der Waals surface area contributed by atoms with E-state index in [1.54, 1.807) is 6.07 Å². The fourth-order valence-electron chi connectivity index (χ4n) is 1.64. The lowest BCUT2D eigenvalue weighted by atomic mass is 10.1. The summed E-state index contributed by atoms with van der Waals surface area (Å²) < 4.78 is 12.8. The molecular formula is C13H11FN2O2. The SMILES string of the molecule is CCc1nc(-c2ccc(F)cn2)ccc1C(=O)O. The Morgan fingerprint density at radius 2 is 2.00 bits per heavy atom. The molecule has 5 heteroatoms. The molecular weight excluding hydrogens is 235 g/mol. The monoisotopic (exact) mass is 246 g/mol. The van der Waals surface area contributed by atoms with Gasteiger partial charge in [-0.1, -0.05) is 6.92 Å². The Kier molecular flexibility index (Phi) is 3.32. The molecule has 0 saturated carbocycles. The van der Waals surface area contributed by atoms with Crippen LogP contribution >= 0.6 is 0 Å². The Labute approximate surface area is 103 Å². The van der Waals surface area contributed by atoms with Crippen molar-refractivity contribution in [3.63, 3.8) is 0 Å². The van der Waals surface area contributed by atoms with Crippen molar-refractivity contribution < 1.29 is 14.3 Å². The van der Waals surface area contributed by atoms with E-state index in [1.807, 2.05) is 6.92 Å². The second-order valence-corrected chi connectivity index (χ2v) is 3.71. The van der Waals surface area contributed by atoms with E-state index >= 15 is 0 Å². The molecule has 4 nitrogen and oxygen atoms in total. The van der Waals surface area contributed by atoms with Crippen molar-refractivity contribution in [2.24, 2.45) is 0 Å². The molecule has 0 spiro atoms. The van der Waals surface area contributed by atoms with Gasteiger partial charge in [0.05, 0.1) is 28.8 Å². The molecule has 0 fully saturated rings. The summed E-state index contributed by atoms with van der Waals surface area (Å²) in [5.74, 6) is -1.42. The van der Waals surface area contributed by atoms with Crippen LogP contribution in [0.15, 0.2) is 30.5 Å². The number of rotatable bonds is 3. The normalized spacial score (nSPS) is 10.3. The average molecular weight is 246 g/mol. The third kappa shape index (κ3) is 2.34. The van der Waals surface area contributed by atoms with Crippen molar-refractivity contribution in [3.05, 3.63) is 47.5 Å². The third-order valence-electron chi connectivity index (χ3n) is 2.53. The summed E-state index contributed by atoms with van der Waals surface area (Å²) in [6.07, 6.45) is 1.62. The Balaban J connectivity index is 2.47. The molecule has 0 aliphatic rings. The van der Waals surface area contributed by atoms with Crippen molar-refractivity contribution in [3.8, 4) is 11.4 Å². The fraction of sp³-hybridized carbons (Fsp3) is 0.154. The van der Waals surface area contributed by atoms with Gasteiger partial charge in [-0.05, 0) is 30.7 Å². The number of aromatic nitrogens is 2. The molecule has 0 aliphatic carbocycles. The summed E-state index contributed by atoms with van der Waals surface area (Å²) in [6, 6.07) is 5.87. The Morgan fingerprint density at radius 1 is 1.28 bits per heavy atom. The molecule has 0 atom stereocenters. The van der Waals surface area contributed by atoms with Gasteiger partial charge < -0.3 is 5.11 Å². The second kappa shape index (κ2) is 4.91. The quantitative estimate of drug-likeness (QED) is 0.903. The molecule has 0 amide bonds. The lowest BCUT2D eigenvalue weighted by Crippen LogP contribution is -2.05. The fourth-order valence-corrected chi connectivity index (χ4v) is 1.64. The first-order chi connectivity index (χ1) is 8.61. The third-order valence-corrected chi connectivity index (χ3v) is 2.53. The summed E-state index contributed by atoms with van der Waals surface area (Å²) in [4.78, 5) is 19.1. The van der Waals surface area contributed by atoms with Gasteiger partial charge in [-0.3, -0.25) is 9.97 Å². The van der Waals surface area contributed by atoms with Crippen molar-refractivity contribution >= 4 is 5.97 Å². The number of nitrogens with zero attached hydrogens (tertiary/aromatic N) is 2. The maximum absolute atomic E-state index is 12.8. The first kappa shape index (κ1) is 12.2. The number of aromatic carboxylic acids is 1. The highest BCUT2D eigenvalue weighted by atomic mass is 19.1. The minimum Gasteiger partial charge on any atom is -0.478 e. The van der Waals surface area contributed by atoms with Gasteiger partial charge in [-0.25, -0.2) is 9.18 Å². The standard InChI is InChI=1S/C13H11FN2O2/c1-2-10-9(13(17)18)4-6-12(16-10)11-5-3-8(14)7-15-11/h3-7H,2H2,1H3,(H,17,18). The highest BCUT2D eigenvalue weighted by Gasteiger charge is 2.12. The maximum atomic E-state index is 12.8. The summed E-state index contributed by atoms with van der Waals surface area (Å²) in [6.45, 7) is 1.83. The van der Waals surface area contributed by atoms with E-state index in [9.17, 15) is 9.18 Å². The molecule has 0 unspecified atom stereocenters. The molecule has 2 aromatic heterocycles. The van der Waals surface area contributed by atoms with E-state index in [4.69, 9.17) is 5.11 Å². The zero-order valence-corrected chi connectivity index (χ0v) is 9.72. The van der Waals surface area contributed by atoms with Crippen LogP contribution in [0.5, 0.6) is 0 Å². The van der Waals surface area contributed by atoms with Gasteiger partial charge in [0.1, 0.15) is 5.82 Å². The minimum atomic E-state index is -1.00. The number of hydrogen-bond acceptors (Lipinski definition) is 3. The van der Waals surface area contributed by atoms with Gasteiger partial charge in [0.2, 0.25) is 0 Å². The number of aryl methyl sites for hydroxylation is 1. The maximum Gasteiger partial charge on any atom is 0.337 e. The predicted molar refractivity (Wildman–Crippen MR) is 63.8 cm³/mol. The number of carbonyl (C=O) groups is 1. The zero-order valence-electron chi connectivity index (χ0n) is 9.72. The number of carboxylic acid groups (broad SMARTS) is 1. The van der Waals surface area contributed by atoms with Crippen molar-refractivity contribution in [2.45, 2.75) is 13.3 Å². The zero-order chi connectivity index (χ0) is 13.1. The van der Waals surface area contributed by atoms with Crippen LogP contribution in [0.25, 0.3) is 11.4 Å². The highest BCUT2D eigenvalue weighted by Crippen LogP contribution is 2.17. The van der Waals surface area contributed by atoms with Crippen molar-refractivity contribution in [2.75, 3.05) is 0 Å². The second-order valence-electron chi connectivity index (χ2n) is 3.71. The summed E-state index contributed by atoms with van der Waals surface area (Å²) in [7, 11) is 0. The molecule has 0 radical (unpaired) electrons.